The molecule has 0 aliphatic carbocycles. The standard InChI is InChI=1S/C31H36N8O4.C2H6O/c1-31(2)27-24(35(3)29(31)41)17-20(19-32-27)8-11-37-25(9-12-39-30(42)38-10-4-5-26(38)34-39)33-23-18-21(6-7-22(23)28(37)40)36-13-15-43-16-14-36;1-3-2/h6-7,17-19H,4-5,8-16H2,1-3H3;1-2H3. The summed E-state index contributed by atoms with van der Waals surface area (Å²) in [5.74, 6) is 1.44. The monoisotopic (exact) mass is 630 g/mol. The molecule has 13 nitrogen and oxygen atoms in total. The van der Waals surface area contributed by atoms with Crippen LogP contribution in [0.15, 0.2) is 40.1 Å². The van der Waals surface area contributed by atoms with Gasteiger partial charge in [0, 0.05) is 72.2 Å². The van der Waals surface area contributed by atoms with Gasteiger partial charge in [-0.3, -0.25) is 23.7 Å². The molecule has 0 saturated carbocycles. The number of aryl methyl sites for hydroxylation is 4. The number of nitrogens with zero attached hydrogens (tertiary/aromatic N) is 8. The van der Waals surface area contributed by atoms with E-state index in [2.05, 4.69) is 19.7 Å². The minimum atomic E-state index is -0.666. The molecular formula is C33H42N8O5. The third kappa shape index (κ3) is 5.73. The Hall–Kier alpha value is -4.36. The molecule has 0 spiro atoms. The summed E-state index contributed by atoms with van der Waals surface area (Å²) in [6.07, 6.45) is 4.46. The number of hydrogen-bond acceptors (Lipinski definition) is 9. The van der Waals surface area contributed by atoms with Crippen molar-refractivity contribution in [3.05, 3.63) is 74.2 Å². The van der Waals surface area contributed by atoms with Crippen LogP contribution < -0.4 is 21.0 Å². The number of hydrogen-bond donors (Lipinski definition) is 0. The zero-order chi connectivity index (χ0) is 32.6. The molecule has 4 aromatic rings. The fraction of sp³-hybridized carbons (Fsp3) is 0.515. The van der Waals surface area contributed by atoms with Crippen molar-refractivity contribution >= 4 is 28.2 Å². The van der Waals surface area contributed by atoms with E-state index >= 15 is 0 Å². The Morgan fingerprint density at radius 1 is 1.00 bits per heavy atom. The molecule has 6 heterocycles. The molecule has 1 fully saturated rings. The van der Waals surface area contributed by atoms with Crippen molar-refractivity contribution in [2.24, 2.45) is 0 Å². The molecule has 0 unspecified atom stereocenters. The Balaban J connectivity index is 0.00000119. The van der Waals surface area contributed by atoms with Gasteiger partial charge in [0.2, 0.25) is 5.91 Å². The van der Waals surface area contributed by atoms with Crippen LogP contribution in [0.5, 0.6) is 0 Å². The molecule has 3 aromatic heterocycles. The van der Waals surface area contributed by atoms with Crippen LogP contribution >= 0.6 is 0 Å². The number of likely N-dealkylation sites (N-methyl/N-ethyl adjacent to an activating group) is 1. The van der Waals surface area contributed by atoms with E-state index < -0.39 is 5.41 Å². The average Bonchev–Trinajstić information content (AvgIpc) is 3.69. The molecule has 0 N–H and O–H groups in total. The lowest BCUT2D eigenvalue weighted by Gasteiger charge is -2.29. The first-order valence-electron chi connectivity index (χ1n) is 15.8. The maximum Gasteiger partial charge on any atom is 0.345 e. The lowest BCUT2D eigenvalue weighted by Crippen LogP contribution is -2.36. The predicted molar refractivity (Wildman–Crippen MR) is 175 cm³/mol. The Morgan fingerprint density at radius 3 is 2.50 bits per heavy atom. The largest absolute Gasteiger partial charge is 0.388 e. The number of pyridine rings is 1. The predicted octanol–water partition coefficient (Wildman–Crippen LogP) is 1.93. The van der Waals surface area contributed by atoms with Gasteiger partial charge in [-0.05, 0) is 56.5 Å². The first kappa shape index (κ1) is 31.6. The second-order valence-electron chi connectivity index (χ2n) is 12.6. The minimum absolute atomic E-state index is 0.0151. The fourth-order valence-electron chi connectivity index (χ4n) is 6.58. The lowest BCUT2D eigenvalue weighted by atomic mass is 9.90. The summed E-state index contributed by atoms with van der Waals surface area (Å²) in [4.78, 5) is 53.2. The highest BCUT2D eigenvalue weighted by Gasteiger charge is 2.43. The van der Waals surface area contributed by atoms with Crippen molar-refractivity contribution in [1.29, 1.82) is 0 Å². The van der Waals surface area contributed by atoms with Gasteiger partial charge >= 0.3 is 5.69 Å². The molecule has 0 bridgehead atoms. The molecule has 13 heteroatoms. The Bertz CT molecular complexity index is 1890. The number of fused-ring (bicyclic) bond motifs is 3. The number of amides is 1. The van der Waals surface area contributed by atoms with E-state index in [1.165, 1.54) is 4.68 Å². The molecular weight excluding hydrogens is 588 g/mol. The number of ether oxygens (including phenoxy) is 2. The Morgan fingerprint density at radius 2 is 1.76 bits per heavy atom. The molecule has 0 atom stereocenters. The van der Waals surface area contributed by atoms with Gasteiger partial charge in [0.1, 0.15) is 11.6 Å². The van der Waals surface area contributed by atoms with Gasteiger partial charge in [0.15, 0.2) is 0 Å². The van der Waals surface area contributed by atoms with Crippen molar-refractivity contribution in [2.45, 2.75) is 64.6 Å². The summed E-state index contributed by atoms with van der Waals surface area (Å²) in [5, 5.41) is 5.09. The maximum atomic E-state index is 14.0. The van der Waals surface area contributed by atoms with Crippen molar-refractivity contribution in [1.82, 2.24) is 28.9 Å². The summed E-state index contributed by atoms with van der Waals surface area (Å²) in [6, 6.07) is 7.81. The second-order valence-corrected chi connectivity index (χ2v) is 12.6. The number of benzene rings is 1. The number of anilines is 2. The highest BCUT2D eigenvalue weighted by atomic mass is 16.5. The van der Waals surface area contributed by atoms with Crippen LogP contribution in [-0.4, -0.2) is 82.4 Å². The molecule has 7 rings (SSSR count). The minimum Gasteiger partial charge on any atom is -0.388 e. The van der Waals surface area contributed by atoms with Crippen molar-refractivity contribution in [2.75, 3.05) is 57.4 Å². The van der Waals surface area contributed by atoms with Crippen LogP contribution in [0.2, 0.25) is 0 Å². The first-order valence-corrected chi connectivity index (χ1v) is 15.8. The summed E-state index contributed by atoms with van der Waals surface area (Å²) in [6.45, 7) is 8.11. The van der Waals surface area contributed by atoms with E-state index in [1.54, 1.807) is 41.5 Å². The summed E-state index contributed by atoms with van der Waals surface area (Å²) < 4.78 is 14.7. The van der Waals surface area contributed by atoms with Crippen molar-refractivity contribution in [3.8, 4) is 0 Å². The molecule has 244 valence electrons. The molecule has 0 radical (unpaired) electrons. The molecule has 3 aliphatic rings. The van der Waals surface area contributed by atoms with Crippen LogP contribution in [-0.2, 0) is 58.6 Å². The number of morpholine rings is 1. The number of rotatable bonds is 7. The van der Waals surface area contributed by atoms with Gasteiger partial charge in [-0.25, -0.2) is 14.5 Å². The SMILES string of the molecule is CN1C(=O)C(C)(C)c2ncc(CCn3c(CCn4nc5n(c4=O)CCC5)nc4cc(N5CCOCC5)ccc4c3=O)cc21.COC. The quantitative estimate of drug-likeness (QED) is 0.301. The lowest BCUT2D eigenvalue weighted by molar-refractivity contribution is -0.121. The summed E-state index contributed by atoms with van der Waals surface area (Å²) >= 11 is 0. The molecule has 1 amide bonds. The van der Waals surface area contributed by atoms with Crippen molar-refractivity contribution in [3.63, 3.8) is 0 Å². The molecule has 1 aromatic carbocycles. The van der Waals surface area contributed by atoms with Crippen LogP contribution in [0.1, 0.15) is 43.2 Å². The van der Waals surface area contributed by atoms with E-state index in [1.807, 2.05) is 38.1 Å². The van der Waals surface area contributed by atoms with Crippen LogP contribution in [0.4, 0.5) is 11.4 Å². The zero-order valence-corrected chi connectivity index (χ0v) is 27.3. The Kier molecular flexibility index (Phi) is 8.80. The first-order chi connectivity index (χ1) is 22.1. The van der Waals surface area contributed by atoms with Gasteiger partial charge in [-0.2, -0.15) is 5.10 Å². The second kappa shape index (κ2) is 12.8. The van der Waals surface area contributed by atoms with E-state index in [4.69, 9.17) is 9.72 Å². The van der Waals surface area contributed by atoms with E-state index in [0.29, 0.717) is 62.4 Å². The van der Waals surface area contributed by atoms with E-state index in [0.717, 1.165) is 54.4 Å². The smallest absolute Gasteiger partial charge is 0.345 e. The van der Waals surface area contributed by atoms with E-state index in [9.17, 15) is 14.4 Å². The van der Waals surface area contributed by atoms with Crippen LogP contribution in [0.3, 0.4) is 0 Å². The number of aromatic nitrogens is 6. The van der Waals surface area contributed by atoms with Gasteiger partial charge in [0.05, 0.1) is 47.5 Å². The van der Waals surface area contributed by atoms with Gasteiger partial charge < -0.3 is 19.3 Å². The third-order valence-corrected chi connectivity index (χ3v) is 9.06. The van der Waals surface area contributed by atoms with Gasteiger partial charge in [-0.1, -0.05) is 0 Å². The summed E-state index contributed by atoms with van der Waals surface area (Å²) in [5.41, 5.74) is 3.26. The number of carbonyl (C=O) groups excluding carboxylic acids is 1. The number of carbonyl (C=O) groups is 1. The normalized spacial score (nSPS) is 16.8. The van der Waals surface area contributed by atoms with Gasteiger partial charge in [-0.15, -0.1) is 0 Å². The Labute approximate surface area is 267 Å². The fourth-order valence-corrected chi connectivity index (χ4v) is 6.58. The highest BCUT2D eigenvalue weighted by Crippen LogP contribution is 2.39. The topological polar surface area (TPSA) is 130 Å². The average molecular weight is 631 g/mol. The summed E-state index contributed by atoms with van der Waals surface area (Å²) in [7, 11) is 5.02. The molecule has 46 heavy (non-hydrogen) atoms. The van der Waals surface area contributed by atoms with Crippen molar-refractivity contribution < 1.29 is 14.3 Å². The molecule has 3 aliphatic heterocycles. The van der Waals surface area contributed by atoms with Crippen LogP contribution in [0.25, 0.3) is 10.9 Å². The van der Waals surface area contributed by atoms with E-state index in [-0.39, 0.29) is 17.2 Å². The molecule has 1 saturated heterocycles. The van der Waals surface area contributed by atoms with Crippen LogP contribution in [0, 0.1) is 0 Å². The van der Waals surface area contributed by atoms with Gasteiger partial charge in [0.25, 0.3) is 5.56 Å². The maximum absolute atomic E-state index is 14.0. The number of methoxy groups -OCH3 is 1. The third-order valence-electron chi connectivity index (χ3n) is 9.06. The zero-order valence-electron chi connectivity index (χ0n) is 27.3. The highest BCUT2D eigenvalue weighted by molar-refractivity contribution is 6.06.